The minimum Gasteiger partial charge on any atom is -0.495 e. The quantitative estimate of drug-likeness (QED) is 0.682. The molecule has 1 aromatic heterocycles. The van der Waals surface area contributed by atoms with Gasteiger partial charge in [-0.1, -0.05) is 23.8 Å². The summed E-state index contributed by atoms with van der Waals surface area (Å²) in [5.74, 6) is 0.597. The van der Waals surface area contributed by atoms with Gasteiger partial charge in [0.05, 0.1) is 17.5 Å². The van der Waals surface area contributed by atoms with Crippen LogP contribution in [0.4, 0.5) is 0 Å². The predicted molar refractivity (Wildman–Crippen MR) is 106 cm³/mol. The Kier molecular flexibility index (Phi) is 5.34. The van der Waals surface area contributed by atoms with Gasteiger partial charge in [0.1, 0.15) is 5.75 Å². The summed E-state index contributed by atoms with van der Waals surface area (Å²) in [5, 5.41) is 0.880. The number of aryl methyl sites for hydroxylation is 2. The van der Waals surface area contributed by atoms with Crippen molar-refractivity contribution < 1.29 is 13.2 Å². The molecule has 1 heterocycles. The predicted octanol–water partition coefficient (Wildman–Crippen LogP) is 2.67. The van der Waals surface area contributed by atoms with Gasteiger partial charge in [-0.15, -0.1) is 0 Å². The number of methoxy groups -OCH3 is 1. The summed E-state index contributed by atoms with van der Waals surface area (Å²) in [5.41, 5.74) is 2.91. The normalized spacial score (nSPS) is 11.7. The molecule has 7 heteroatoms. The first-order chi connectivity index (χ1) is 12.8. The second kappa shape index (κ2) is 7.54. The summed E-state index contributed by atoms with van der Waals surface area (Å²) in [6, 6.07) is 12.2. The van der Waals surface area contributed by atoms with Gasteiger partial charge in [0.25, 0.3) is 5.56 Å². The number of benzene rings is 2. The molecule has 0 aliphatic carbocycles. The zero-order chi connectivity index (χ0) is 19.6. The Labute approximate surface area is 158 Å². The van der Waals surface area contributed by atoms with E-state index in [0.29, 0.717) is 16.8 Å². The Morgan fingerprint density at radius 2 is 1.78 bits per heavy atom. The van der Waals surface area contributed by atoms with Crippen LogP contribution in [-0.4, -0.2) is 27.1 Å². The van der Waals surface area contributed by atoms with Crippen LogP contribution in [0.15, 0.2) is 52.2 Å². The number of pyridine rings is 1. The average Bonchev–Trinajstić information content (AvgIpc) is 2.63. The molecule has 0 aliphatic rings. The molecule has 2 N–H and O–H groups in total. The summed E-state index contributed by atoms with van der Waals surface area (Å²) in [7, 11) is -2.05. The van der Waals surface area contributed by atoms with E-state index in [4.69, 9.17) is 4.74 Å². The summed E-state index contributed by atoms with van der Waals surface area (Å²) in [6.45, 7) is 3.98. The van der Waals surface area contributed by atoms with E-state index in [9.17, 15) is 13.2 Å². The maximum atomic E-state index is 12.4. The van der Waals surface area contributed by atoms with Crippen LogP contribution in [0.3, 0.4) is 0 Å². The fourth-order valence-corrected chi connectivity index (χ4v) is 3.96. The van der Waals surface area contributed by atoms with Crippen LogP contribution in [0.2, 0.25) is 0 Å². The standard InChI is InChI=1S/C20H22N2O4S/c1-13-4-7-16(8-5-13)27(24,25)21-11-10-15-12-17-14(2)6-9-18(26-3)19(17)22-20(15)23/h4-9,12,21H,10-11H2,1-3H3,(H,22,23). The van der Waals surface area contributed by atoms with Crippen LogP contribution in [0, 0.1) is 13.8 Å². The highest BCUT2D eigenvalue weighted by atomic mass is 32.2. The number of ether oxygens (including phenoxy) is 1. The molecular weight excluding hydrogens is 364 g/mol. The second-order valence-corrected chi connectivity index (χ2v) is 8.22. The second-order valence-electron chi connectivity index (χ2n) is 6.46. The Morgan fingerprint density at radius 3 is 2.44 bits per heavy atom. The molecule has 27 heavy (non-hydrogen) atoms. The van der Waals surface area contributed by atoms with E-state index in [1.165, 1.54) is 0 Å². The first-order valence-electron chi connectivity index (χ1n) is 8.57. The Bertz CT molecular complexity index is 1130. The van der Waals surface area contributed by atoms with Crippen molar-refractivity contribution >= 4 is 20.9 Å². The van der Waals surface area contributed by atoms with E-state index in [1.54, 1.807) is 37.4 Å². The Balaban J connectivity index is 1.81. The first-order valence-corrected chi connectivity index (χ1v) is 10.1. The monoisotopic (exact) mass is 386 g/mol. The fourth-order valence-electron chi connectivity index (χ4n) is 2.93. The molecule has 0 atom stereocenters. The third-order valence-corrected chi connectivity index (χ3v) is 5.99. The van der Waals surface area contributed by atoms with Gasteiger partial charge in [0.2, 0.25) is 10.0 Å². The average molecular weight is 386 g/mol. The van der Waals surface area contributed by atoms with Gasteiger partial charge in [-0.05, 0) is 50.1 Å². The number of hydrogen-bond acceptors (Lipinski definition) is 4. The lowest BCUT2D eigenvalue weighted by Crippen LogP contribution is -2.27. The van der Waals surface area contributed by atoms with Crippen molar-refractivity contribution in [1.29, 1.82) is 0 Å². The van der Waals surface area contributed by atoms with Gasteiger partial charge >= 0.3 is 0 Å². The van der Waals surface area contributed by atoms with E-state index in [1.807, 2.05) is 26.0 Å². The number of nitrogens with one attached hydrogen (secondary N) is 2. The highest BCUT2D eigenvalue weighted by Crippen LogP contribution is 2.25. The maximum Gasteiger partial charge on any atom is 0.251 e. The van der Waals surface area contributed by atoms with Crippen LogP contribution in [0.25, 0.3) is 10.9 Å². The number of sulfonamides is 1. The number of fused-ring (bicyclic) bond motifs is 1. The molecule has 0 spiro atoms. The van der Waals surface area contributed by atoms with Crippen molar-refractivity contribution in [2.45, 2.75) is 25.2 Å². The molecule has 0 amide bonds. The van der Waals surface area contributed by atoms with Crippen molar-refractivity contribution in [3.05, 3.63) is 69.5 Å². The van der Waals surface area contributed by atoms with Gasteiger partial charge in [-0.3, -0.25) is 4.79 Å². The van der Waals surface area contributed by atoms with Crippen molar-refractivity contribution in [2.75, 3.05) is 13.7 Å². The Morgan fingerprint density at radius 1 is 1.07 bits per heavy atom. The van der Waals surface area contributed by atoms with E-state index < -0.39 is 10.0 Å². The van der Waals surface area contributed by atoms with E-state index in [-0.39, 0.29) is 23.4 Å². The summed E-state index contributed by atoms with van der Waals surface area (Å²) >= 11 is 0. The minimum atomic E-state index is -3.60. The zero-order valence-electron chi connectivity index (χ0n) is 15.5. The van der Waals surface area contributed by atoms with Crippen molar-refractivity contribution in [1.82, 2.24) is 9.71 Å². The molecule has 0 fully saturated rings. The fraction of sp³-hybridized carbons (Fsp3) is 0.250. The van der Waals surface area contributed by atoms with Crippen LogP contribution in [0.5, 0.6) is 5.75 Å². The van der Waals surface area contributed by atoms with Gasteiger partial charge in [-0.25, -0.2) is 13.1 Å². The van der Waals surface area contributed by atoms with E-state index in [0.717, 1.165) is 16.5 Å². The number of H-pyrrole nitrogens is 1. The van der Waals surface area contributed by atoms with Crippen molar-refractivity contribution in [3.63, 3.8) is 0 Å². The largest absolute Gasteiger partial charge is 0.495 e. The SMILES string of the molecule is COc1ccc(C)c2cc(CCNS(=O)(=O)c3ccc(C)cc3)c(=O)[nH]c12. The van der Waals surface area contributed by atoms with Crippen LogP contribution in [-0.2, 0) is 16.4 Å². The third-order valence-electron chi connectivity index (χ3n) is 4.51. The lowest BCUT2D eigenvalue weighted by atomic mass is 10.1. The number of aromatic nitrogens is 1. The maximum absolute atomic E-state index is 12.4. The molecule has 0 unspecified atom stereocenters. The van der Waals surface area contributed by atoms with Gasteiger partial charge < -0.3 is 9.72 Å². The lowest BCUT2D eigenvalue weighted by molar-refractivity contribution is 0.418. The highest BCUT2D eigenvalue weighted by Gasteiger charge is 2.14. The molecule has 0 bridgehead atoms. The van der Waals surface area contributed by atoms with Gasteiger partial charge in [0, 0.05) is 17.5 Å². The van der Waals surface area contributed by atoms with Crippen LogP contribution < -0.4 is 15.0 Å². The zero-order valence-corrected chi connectivity index (χ0v) is 16.3. The molecule has 0 radical (unpaired) electrons. The first kappa shape index (κ1) is 19.1. The molecular formula is C20H22N2O4S. The van der Waals surface area contributed by atoms with Crippen molar-refractivity contribution in [2.24, 2.45) is 0 Å². The molecule has 3 aromatic rings. The van der Waals surface area contributed by atoms with Crippen molar-refractivity contribution in [3.8, 4) is 5.75 Å². The van der Waals surface area contributed by atoms with E-state index in [2.05, 4.69) is 9.71 Å². The molecule has 0 saturated carbocycles. The summed E-state index contributed by atoms with van der Waals surface area (Å²) < 4.78 is 32.6. The lowest BCUT2D eigenvalue weighted by Gasteiger charge is -2.10. The number of aromatic amines is 1. The smallest absolute Gasteiger partial charge is 0.251 e. The highest BCUT2D eigenvalue weighted by molar-refractivity contribution is 7.89. The van der Waals surface area contributed by atoms with E-state index >= 15 is 0 Å². The Hall–Kier alpha value is -2.64. The minimum absolute atomic E-state index is 0.133. The molecule has 0 aliphatic heterocycles. The molecule has 0 saturated heterocycles. The number of hydrogen-bond donors (Lipinski definition) is 2. The third kappa shape index (κ3) is 4.04. The molecule has 2 aromatic carbocycles. The molecule has 3 rings (SSSR count). The van der Waals surface area contributed by atoms with Gasteiger partial charge in [0.15, 0.2) is 0 Å². The van der Waals surface area contributed by atoms with Gasteiger partial charge in [-0.2, -0.15) is 0 Å². The topological polar surface area (TPSA) is 88.3 Å². The van der Waals surface area contributed by atoms with Crippen LogP contribution >= 0.6 is 0 Å². The summed E-state index contributed by atoms with van der Waals surface area (Å²) in [6.07, 6.45) is 0.285. The molecule has 142 valence electrons. The van der Waals surface area contributed by atoms with Crippen LogP contribution in [0.1, 0.15) is 16.7 Å². The summed E-state index contributed by atoms with van der Waals surface area (Å²) in [4.78, 5) is 15.4. The number of rotatable bonds is 6. The molecule has 6 nitrogen and oxygen atoms in total.